The van der Waals surface area contributed by atoms with Gasteiger partial charge in [-0.2, -0.15) is 4.52 Å². The Kier molecular flexibility index (Phi) is 3.76. The Morgan fingerprint density at radius 2 is 2.22 bits per heavy atom. The Bertz CT molecular complexity index is 904. The van der Waals surface area contributed by atoms with Crippen molar-refractivity contribution in [3.63, 3.8) is 0 Å². The SMILES string of the molecule is C=C/C=C(\C=C)Cc1nc2c(C)c(-c3ncco3)nc(N)n2n1. The molecule has 7 nitrogen and oxygen atoms in total. The third kappa shape index (κ3) is 2.64. The molecule has 0 aromatic carbocycles. The summed E-state index contributed by atoms with van der Waals surface area (Å²) in [5, 5.41) is 4.41. The van der Waals surface area contributed by atoms with Gasteiger partial charge >= 0.3 is 0 Å². The van der Waals surface area contributed by atoms with Gasteiger partial charge in [-0.1, -0.05) is 31.4 Å². The minimum Gasteiger partial charge on any atom is -0.443 e. The Labute approximate surface area is 132 Å². The summed E-state index contributed by atoms with van der Waals surface area (Å²) in [6, 6.07) is 0. The number of aryl methyl sites for hydroxylation is 1. The summed E-state index contributed by atoms with van der Waals surface area (Å²) in [6.07, 6.45) is 8.90. The molecule has 116 valence electrons. The van der Waals surface area contributed by atoms with E-state index in [-0.39, 0.29) is 5.95 Å². The van der Waals surface area contributed by atoms with Crippen molar-refractivity contribution >= 4 is 11.6 Å². The van der Waals surface area contributed by atoms with Gasteiger partial charge in [-0.25, -0.2) is 15.0 Å². The maximum Gasteiger partial charge on any atom is 0.245 e. The first-order valence-electron chi connectivity index (χ1n) is 6.99. The van der Waals surface area contributed by atoms with E-state index in [1.54, 1.807) is 18.3 Å². The number of fused-ring (bicyclic) bond motifs is 1. The smallest absolute Gasteiger partial charge is 0.245 e. The first-order chi connectivity index (χ1) is 11.1. The van der Waals surface area contributed by atoms with Crippen LogP contribution in [0.25, 0.3) is 17.2 Å². The van der Waals surface area contributed by atoms with Crippen LogP contribution in [0.3, 0.4) is 0 Å². The second-order valence-electron chi connectivity index (χ2n) is 4.90. The fourth-order valence-corrected chi connectivity index (χ4v) is 2.27. The van der Waals surface area contributed by atoms with Gasteiger partial charge in [-0.3, -0.25) is 0 Å². The fourth-order valence-electron chi connectivity index (χ4n) is 2.27. The third-order valence-corrected chi connectivity index (χ3v) is 3.38. The van der Waals surface area contributed by atoms with E-state index in [4.69, 9.17) is 10.2 Å². The molecular weight excluding hydrogens is 292 g/mol. The first-order valence-corrected chi connectivity index (χ1v) is 6.99. The number of nitrogens with zero attached hydrogens (tertiary/aromatic N) is 5. The maximum absolute atomic E-state index is 6.00. The van der Waals surface area contributed by atoms with Crippen molar-refractivity contribution in [2.24, 2.45) is 0 Å². The quantitative estimate of drug-likeness (QED) is 0.728. The van der Waals surface area contributed by atoms with Gasteiger partial charge < -0.3 is 10.2 Å². The zero-order chi connectivity index (χ0) is 16.4. The molecule has 0 aliphatic heterocycles. The van der Waals surface area contributed by atoms with Gasteiger partial charge in [0.15, 0.2) is 11.5 Å². The highest BCUT2D eigenvalue weighted by Crippen LogP contribution is 2.24. The molecule has 0 amide bonds. The standard InChI is InChI=1S/C16H16N6O/c1-4-6-11(5-2)9-12-19-14-10(3)13(15-18-7-8-23-15)20-16(17)22(14)21-12/h4-8H,1-2,9H2,3H3,(H2,17,20)/b11-6+. The molecule has 0 saturated heterocycles. The highest BCUT2D eigenvalue weighted by molar-refractivity contribution is 5.65. The predicted molar refractivity (Wildman–Crippen MR) is 87.6 cm³/mol. The number of rotatable bonds is 5. The van der Waals surface area contributed by atoms with Crippen molar-refractivity contribution in [2.75, 3.05) is 5.73 Å². The average molecular weight is 308 g/mol. The summed E-state index contributed by atoms with van der Waals surface area (Å²) in [5.74, 6) is 1.25. The molecular formula is C16H16N6O. The lowest BCUT2D eigenvalue weighted by atomic mass is 10.1. The molecule has 2 N–H and O–H groups in total. The van der Waals surface area contributed by atoms with Gasteiger partial charge in [0.1, 0.15) is 12.0 Å². The monoisotopic (exact) mass is 308 g/mol. The number of nitrogens with two attached hydrogens (primary N) is 1. The normalized spacial score (nSPS) is 11.8. The van der Waals surface area contributed by atoms with Crippen molar-refractivity contribution in [1.82, 2.24) is 24.6 Å². The van der Waals surface area contributed by atoms with Crippen LogP contribution in [0.1, 0.15) is 11.4 Å². The molecule has 23 heavy (non-hydrogen) atoms. The highest BCUT2D eigenvalue weighted by atomic mass is 16.3. The summed E-state index contributed by atoms with van der Waals surface area (Å²) in [5.41, 5.74) is 8.95. The lowest BCUT2D eigenvalue weighted by molar-refractivity contribution is 0.571. The van der Waals surface area contributed by atoms with E-state index in [1.807, 2.05) is 13.0 Å². The minimum absolute atomic E-state index is 0.227. The van der Waals surface area contributed by atoms with Crippen LogP contribution in [-0.2, 0) is 6.42 Å². The van der Waals surface area contributed by atoms with E-state index in [0.29, 0.717) is 29.5 Å². The van der Waals surface area contributed by atoms with E-state index >= 15 is 0 Å². The summed E-state index contributed by atoms with van der Waals surface area (Å²) < 4.78 is 6.82. The van der Waals surface area contributed by atoms with Crippen LogP contribution in [0.5, 0.6) is 0 Å². The molecule has 0 atom stereocenters. The van der Waals surface area contributed by atoms with Gasteiger partial charge in [-0.15, -0.1) is 5.10 Å². The van der Waals surface area contributed by atoms with E-state index in [0.717, 1.165) is 11.1 Å². The van der Waals surface area contributed by atoms with Crippen molar-refractivity contribution < 1.29 is 4.42 Å². The lowest BCUT2D eigenvalue weighted by Crippen LogP contribution is -2.05. The van der Waals surface area contributed by atoms with Gasteiger partial charge in [0.05, 0.1) is 6.20 Å². The second kappa shape index (κ2) is 5.88. The molecule has 0 aliphatic rings. The Morgan fingerprint density at radius 3 is 2.87 bits per heavy atom. The lowest BCUT2D eigenvalue weighted by Gasteiger charge is -2.04. The van der Waals surface area contributed by atoms with Crippen LogP contribution in [0, 0.1) is 6.92 Å². The predicted octanol–water partition coefficient (Wildman–Crippen LogP) is 2.51. The van der Waals surface area contributed by atoms with Crippen LogP contribution in [0.15, 0.2) is 53.8 Å². The molecule has 3 rings (SSSR count). The van der Waals surface area contributed by atoms with E-state index in [9.17, 15) is 0 Å². The van der Waals surface area contributed by atoms with Crippen LogP contribution in [0.2, 0.25) is 0 Å². The molecule has 0 fully saturated rings. The Hall–Kier alpha value is -3.22. The van der Waals surface area contributed by atoms with Crippen molar-refractivity contribution in [1.29, 1.82) is 0 Å². The number of hydrogen-bond acceptors (Lipinski definition) is 6. The molecule has 0 unspecified atom stereocenters. The molecule has 7 heteroatoms. The molecule has 3 aromatic rings. The molecule has 0 spiro atoms. The summed E-state index contributed by atoms with van der Waals surface area (Å²) >= 11 is 0. The number of nitrogen functional groups attached to an aromatic ring is 1. The zero-order valence-corrected chi connectivity index (χ0v) is 12.7. The van der Waals surface area contributed by atoms with Crippen LogP contribution in [0.4, 0.5) is 5.95 Å². The van der Waals surface area contributed by atoms with Gasteiger partial charge in [0, 0.05) is 12.0 Å². The maximum atomic E-state index is 6.00. The summed E-state index contributed by atoms with van der Waals surface area (Å²) in [4.78, 5) is 13.0. The first kappa shape index (κ1) is 14.7. The largest absolute Gasteiger partial charge is 0.443 e. The Morgan fingerprint density at radius 1 is 1.39 bits per heavy atom. The van der Waals surface area contributed by atoms with Crippen LogP contribution < -0.4 is 5.73 Å². The van der Waals surface area contributed by atoms with Crippen molar-refractivity contribution in [2.45, 2.75) is 13.3 Å². The highest BCUT2D eigenvalue weighted by Gasteiger charge is 2.17. The Balaban J connectivity index is 2.11. The molecule has 0 saturated carbocycles. The van der Waals surface area contributed by atoms with E-state index < -0.39 is 0 Å². The summed E-state index contributed by atoms with van der Waals surface area (Å²) in [6.45, 7) is 9.34. The number of allylic oxidation sites excluding steroid dienone is 4. The average Bonchev–Trinajstić information content (AvgIpc) is 3.20. The molecule has 3 heterocycles. The number of oxazole rings is 1. The van der Waals surface area contributed by atoms with Gasteiger partial charge in [-0.05, 0) is 12.5 Å². The van der Waals surface area contributed by atoms with Gasteiger partial charge in [0.2, 0.25) is 11.8 Å². The number of hydrogen-bond donors (Lipinski definition) is 1. The molecule has 0 bridgehead atoms. The molecule has 3 aromatic heterocycles. The van der Waals surface area contributed by atoms with E-state index in [2.05, 4.69) is 33.2 Å². The van der Waals surface area contributed by atoms with Crippen LogP contribution >= 0.6 is 0 Å². The minimum atomic E-state index is 0.227. The molecule has 0 radical (unpaired) electrons. The summed E-state index contributed by atoms with van der Waals surface area (Å²) in [7, 11) is 0. The number of aromatic nitrogens is 5. The van der Waals surface area contributed by atoms with Crippen molar-refractivity contribution in [3.8, 4) is 11.6 Å². The second-order valence-corrected chi connectivity index (χ2v) is 4.90. The van der Waals surface area contributed by atoms with Crippen LogP contribution in [-0.4, -0.2) is 24.6 Å². The zero-order valence-electron chi connectivity index (χ0n) is 12.7. The fraction of sp³-hybridized carbons (Fsp3) is 0.125. The van der Waals surface area contributed by atoms with Gasteiger partial charge in [0.25, 0.3) is 0 Å². The topological polar surface area (TPSA) is 95.1 Å². The molecule has 0 aliphatic carbocycles. The van der Waals surface area contributed by atoms with Crippen molar-refractivity contribution in [3.05, 3.63) is 60.8 Å². The number of anilines is 1. The third-order valence-electron chi connectivity index (χ3n) is 3.38. The van der Waals surface area contributed by atoms with E-state index in [1.165, 1.54) is 10.8 Å².